The molecule has 0 aromatic heterocycles. The predicted octanol–water partition coefficient (Wildman–Crippen LogP) is 3.99. The minimum Gasteiger partial charge on any atom is -0.325 e. The maximum absolute atomic E-state index is 12.4. The van der Waals surface area contributed by atoms with Crippen molar-refractivity contribution in [2.45, 2.75) is 29.9 Å². The van der Waals surface area contributed by atoms with E-state index in [1.165, 1.54) is 6.42 Å². The van der Waals surface area contributed by atoms with Gasteiger partial charge >= 0.3 is 0 Å². The molecule has 0 heterocycles. The van der Waals surface area contributed by atoms with E-state index in [9.17, 15) is 13.6 Å². The minimum absolute atomic E-state index is 0.0190. The first-order chi connectivity index (χ1) is 9.13. The number of rotatable bonds is 4. The Morgan fingerprint density at radius 1 is 1.21 bits per heavy atom. The Hall–Kier alpha value is -1.10. The number of para-hydroxylation sites is 1. The fraction of sp³-hybridized carbons (Fsp3) is 0.500. The molecule has 2 unspecified atom stereocenters. The third-order valence-electron chi connectivity index (χ3n) is 3.98. The molecular formula is C14H15F2NOS. The molecule has 1 aromatic carbocycles. The van der Waals surface area contributed by atoms with Gasteiger partial charge in [0.2, 0.25) is 5.91 Å². The van der Waals surface area contributed by atoms with Crippen LogP contribution in [0.4, 0.5) is 14.5 Å². The first-order valence-corrected chi connectivity index (χ1v) is 7.36. The van der Waals surface area contributed by atoms with Gasteiger partial charge in [-0.3, -0.25) is 4.79 Å². The monoisotopic (exact) mass is 283 g/mol. The largest absolute Gasteiger partial charge is 0.325 e. The molecule has 0 bridgehead atoms. The summed E-state index contributed by atoms with van der Waals surface area (Å²) in [7, 11) is 0. The normalized spacial score (nSPS) is 28.3. The van der Waals surface area contributed by atoms with E-state index in [2.05, 4.69) is 5.32 Å². The van der Waals surface area contributed by atoms with E-state index in [1.54, 1.807) is 24.3 Å². The molecule has 0 aliphatic heterocycles. The van der Waals surface area contributed by atoms with E-state index in [1.807, 2.05) is 0 Å². The van der Waals surface area contributed by atoms with Crippen LogP contribution in [0.1, 0.15) is 19.3 Å². The maximum atomic E-state index is 12.4. The van der Waals surface area contributed by atoms with Crippen LogP contribution in [0.3, 0.4) is 0 Å². The molecular weight excluding hydrogens is 268 g/mol. The topological polar surface area (TPSA) is 29.1 Å². The molecule has 19 heavy (non-hydrogen) atoms. The second kappa shape index (κ2) is 5.12. The van der Waals surface area contributed by atoms with Crippen molar-refractivity contribution in [3.63, 3.8) is 0 Å². The summed E-state index contributed by atoms with van der Waals surface area (Å²) >= 11 is 0.471. The average molecular weight is 283 g/mol. The van der Waals surface area contributed by atoms with Crippen molar-refractivity contribution in [2.75, 3.05) is 5.32 Å². The molecule has 1 amide bonds. The Kier molecular flexibility index (Phi) is 3.48. The summed E-state index contributed by atoms with van der Waals surface area (Å²) in [5.41, 5.74) is 0.498. The van der Waals surface area contributed by atoms with Crippen molar-refractivity contribution in [2.24, 2.45) is 17.8 Å². The molecule has 2 atom stereocenters. The number of anilines is 1. The number of hydrogen-bond donors (Lipinski definition) is 1. The van der Waals surface area contributed by atoms with Gasteiger partial charge in [-0.2, -0.15) is 8.78 Å². The third kappa shape index (κ3) is 2.91. The van der Waals surface area contributed by atoms with Crippen LogP contribution in [-0.2, 0) is 4.79 Å². The molecule has 1 aromatic rings. The number of halogens is 2. The van der Waals surface area contributed by atoms with E-state index in [-0.39, 0.29) is 11.8 Å². The van der Waals surface area contributed by atoms with E-state index < -0.39 is 5.76 Å². The zero-order valence-corrected chi connectivity index (χ0v) is 11.1. The van der Waals surface area contributed by atoms with Crippen molar-refractivity contribution in [3.05, 3.63) is 24.3 Å². The fourth-order valence-corrected chi connectivity index (χ4v) is 3.53. The lowest BCUT2D eigenvalue weighted by Gasteiger charge is -2.14. The SMILES string of the molecule is O=C(Nc1ccccc1SC(F)F)C1CC2CC2C1. The Balaban J connectivity index is 1.66. The number of carbonyl (C=O) groups is 1. The summed E-state index contributed by atoms with van der Waals surface area (Å²) in [5.74, 6) is -0.956. The van der Waals surface area contributed by atoms with Gasteiger partial charge in [0, 0.05) is 10.8 Å². The number of hydrogen-bond acceptors (Lipinski definition) is 2. The maximum Gasteiger partial charge on any atom is 0.288 e. The molecule has 2 aliphatic carbocycles. The van der Waals surface area contributed by atoms with Crippen molar-refractivity contribution in [3.8, 4) is 0 Å². The van der Waals surface area contributed by atoms with E-state index in [4.69, 9.17) is 0 Å². The van der Waals surface area contributed by atoms with Crippen LogP contribution in [-0.4, -0.2) is 11.7 Å². The summed E-state index contributed by atoms with van der Waals surface area (Å²) in [4.78, 5) is 12.5. The quantitative estimate of drug-likeness (QED) is 0.847. The number of benzene rings is 1. The van der Waals surface area contributed by atoms with Gasteiger partial charge in [-0.1, -0.05) is 23.9 Å². The summed E-state index contributed by atoms with van der Waals surface area (Å²) < 4.78 is 24.9. The summed E-state index contributed by atoms with van der Waals surface area (Å²) in [6.45, 7) is 0. The van der Waals surface area contributed by atoms with Crippen molar-refractivity contribution >= 4 is 23.4 Å². The molecule has 102 valence electrons. The van der Waals surface area contributed by atoms with Crippen LogP contribution in [0.5, 0.6) is 0 Å². The summed E-state index contributed by atoms with van der Waals surface area (Å²) in [6, 6.07) is 6.74. The van der Waals surface area contributed by atoms with Gasteiger partial charge in [0.15, 0.2) is 0 Å². The van der Waals surface area contributed by atoms with E-state index >= 15 is 0 Å². The lowest BCUT2D eigenvalue weighted by Crippen LogP contribution is -2.21. The molecule has 0 saturated heterocycles. The zero-order valence-electron chi connectivity index (χ0n) is 10.3. The van der Waals surface area contributed by atoms with Gasteiger partial charge in [0.25, 0.3) is 5.76 Å². The fourth-order valence-electron chi connectivity index (χ4n) is 2.93. The summed E-state index contributed by atoms with van der Waals surface area (Å²) in [6.07, 6.45) is 3.18. The van der Waals surface area contributed by atoms with Gasteiger partial charge in [0.05, 0.1) is 5.69 Å². The van der Waals surface area contributed by atoms with Gasteiger partial charge in [-0.25, -0.2) is 0 Å². The van der Waals surface area contributed by atoms with Gasteiger partial charge in [-0.05, 0) is 43.2 Å². The van der Waals surface area contributed by atoms with E-state index in [0.29, 0.717) is 22.3 Å². The Labute approximate surface area is 115 Å². The van der Waals surface area contributed by atoms with Gasteiger partial charge in [-0.15, -0.1) is 0 Å². The molecule has 2 aliphatic rings. The number of nitrogens with one attached hydrogen (secondary N) is 1. The van der Waals surface area contributed by atoms with Crippen LogP contribution in [0.25, 0.3) is 0 Å². The Morgan fingerprint density at radius 3 is 2.58 bits per heavy atom. The average Bonchev–Trinajstić information content (AvgIpc) is 2.98. The van der Waals surface area contributed by atoms with Crippen LogP contribution >= 0.6 is 11.8 Å². The highest BCUT2D eigenvalue weighted by molar-refractivity contribution is 7.99. The molecule has 1 N–H and O–H groups in total. The number of alkyl halides is 2. The molecule has 2 nitrogen and oxygen atoms in total. The van der Waals surface area contributed by atoms with Crippen LogP contribution in [0.15, 0.2) is 29.2 Å². The molecule has 3 rings (SSSR count). The standard InChI is InChI=1S/C14H15F2NOS/c15-14(16)19-12-4-2-1-3-11(12)17-13(18)10-6-8-5-9(8)7-10/h1-4,8-10,14H,5-7H2,(H,17,18). The first kappa shape index (κ1) is 12.9. The molecule has 0 radical (unpaired) electrons. The number of fused-ring (bicyclic) bond motifs is 1. The first-order valence-electron chi connectivity index (χ1n) is 6.48. The molecule has 5 heteroatoms. The predicted molar refractivity (Wildman–Crippen MR) is 71.3 cm³/mol. The van der Waals surface area contributed by atoms with Crippen LogP contribution in [0, 0.1) is 17.8 Å². The molecule has 2 fully saturated rings. The van der Waals surface area contributed by atoms with Gasteiger partial charge < -0.3 is 5.32 Å². The Morgan fingerprint density at radius 2 is 1.89 bits per heavy atom. The molecule has 2 saturated carbocycles. The van der Waals surface area contributed by atoms with Crippen molar-refractivity contribution < 1.29 is 13.6 Å². The van der Waals surface area contributed by atoms with Crippen molar-refractivity contribution in [1.29, 1.82) is 0 Å². The lowest BCUT2D eigenvalue weighted by atomic mass is 10.0. The number of thioether (sulfide) groups is 1. The summed E-state index contributed by atoms with van der Waals surface area (Å²) in [5, 5.41) is 2.81. The Bertz CT molecular complexity index is 484. The minimum atomic E-state index is -2.47. The highest BCUT2D eigenvalue weighted by Gasteiger charge is 2.48. The van der Waals surface area contributed by atoms with Gasteiger partial charge in [0.1, 0.15) is 0 Å². The van der Waals surface area contributed by atoms with Crippen LogP contribution in [0.2, 0.25) is 0 Å². The second-order valence-corrected chi connectivity index (χ2v) is 6.32. The lowest BCUT2D eigenvalue weighted by molar-refractivity contribution is -0.120. The smallest absolute Gasteiger partial charge is 0.288 e. The highest BCUT2D eigenvalue weighted by atomic mass is 32.2. The van der Waals surface area contributed by atoms with Crippen molar-refractivity contribution in [1.82, 2.24) is 0 Å². The number of amides is 1. The highest BCUT2D eigenvalue weighted by Crippen LogP contribution is 2.54. The van der Waals surface area contributed by atoms with Crippen LogP contribution < -0.4 is 5.32 Å². The van der Waals surface area contributed by atoms with E-state index in [0.717, 1.165) is 24.7 Å². The zero-order chi connectivity index (χ0) is 13.4. The molecule has 0 spiro atoms. The number of carbonyl (C=O) groups excluding carboxylic acids is 1. The third-order valence-corrected chi connectivity index (χ3v) is 4.76. The second-order valence-electron chi connectivity index (χ2n) is 5.29.